The smallest absolute Gasteiger partial charge is 0.167 e. The molecule has 0 saturated heterocycles. The number of hydrogen-bond acceptors (Lipinski definition) is 12. The summed E-state index contributed by atoms with van der Waals surface area (Å²) in [7, 11) is 0. The van der Waals surface area contributed by atoms with Crippen LogP contribution in [0.4, 0.5) is 0 Å². The standard InChI is InChI=1S/C30H33N3O9/c1-16(34)13-40-19-4-7-22(25(37)10-19)28-31-29(23-8-5-20(11-26(23)38)41-14-17(2)35)33-30(32-28)24-9-6-21(12-27(24)39)42-15-18(3)36/h4-12,16-18,34-39H,13-15H2,1-3H3. The van der Waals surface area contributed by atoms with Crippen molar-refractivity contribution in [2.45, 2.75) is 39.1 Å². The maximum atomic E-state index is 10.8. The largest absolute Gasteiger partial charge is 0.507 e. The summed E-state index contributed by atoms with van der Waals surface area (Å²) in [5, 5.41) is 60.9. The van der Waals surface area contributed by atoms with Crippen molar-refractivity contribution >= 4 is 0 Å². The monoisotopic (exact) mass is 579 g/mol. The molecule has 1 heterocycles. The van der Waals surface area contributed by atoms with Gasteiger partial charge in [0.25, 0.3) is 0 Å². The molecule has 0 radical (unpaired) electrons. The van der Waals surface area contributed by atoms with Crippen molar-refractivity contribution in [2.75, 3.05) is 19.8 Å². The molecule has 12 heteroatoms. The number of aliphatic hydroxyl groups excluding tert-OH is 3. The van der Waals surface area contributed by atoms with Crippen molar-refractivity contribution in [3.8, 4) is 68.7 Å². The lowest BCUT2D eigenvalue weighted by Crippen LogP contribution is -2.12. The third-order valence-electron chi connectivity index (χ3n) is 5.74. The Kier molecular flexibility index (Phi) is 9.63. The van der Waals surface area contributed by atoms with Crippen molar-refractivity contribution in [1.82, 2.24) is 15.0 Å². The number of hydrogen-bond donors (Lipinski definition) is 6. The van der Waals surface area contributed by atoms with Gasteiger partial charge in [0.2, 0.25) is 0 Å². The summed E-state index contributed by atoms with van der Waals surface area (Å²) in [6.45, 7) is 4.82. The van der Waals surface area contributed by atoms with E-state index in [1.165, 1.54) is 36.4 Å². The van der Waals surface area contributed by atoms with E-state index in [4.69, 9.17) is 14.2 Å². The third-order valence-corrected chi connectivity index (χ3v) is 5.74. The van der Waals surface area contributed by atoms with Gasteiger partial charge in [-0.1, -0.05) is 0 Å². The molecular formula is C30H33N3O9. The molecule has 4 aromatic rings. The maximum Gasteiger partial charge on any atom is 0.167 e. The lowest BCUT2D eigenvalue weighted by atomic mass is 10.1. The van der Waals surface area contributed by atoms with Crippen molar-refractivity contribution in [1.29, 1.82) is 0 Å². The Bertz CT molecular complexity index is 1330. The van der Waals surface area contributed by atoms with Gasteiger partial charge < -0.3 is 44.8 Å². The van der Waals surface area contributed by atoms with Crippen LogP contribution in [0.25, 0.3) is 34.2 Å². The normalized spacial score (nSPS) is 13.3. The highest BCUT2D eigenvalue weighted by Crippen LogP contribution is 2.37. The number of benzene rings is 3. The number of phenols is 3. The Balaban J connectivity index is 1.79. The van der Waals surface area contributed by atoms with Crippen LogP contribution in [-0.2, 0) is 0 Å². The van der Waals surface area contributed by atoms with E-state index >= 15 is 0 Å². The molecule has 42 heavy (non-hydrogen) atoms. The van der Waals surface area contributed by atoms with Gasteiger partial charge in [-0.3, -0.25) is 0 Å². The minimum absolute atomic E-state index is 0.0330. The number of aliphatic hydroxyl groups is 3. The Morgan fingerprint density at radius 1 is 0.500 bits per heavy atom. The molecule has 3 atom stereocenters. The first-order chi connectivity index (χ1) is 20.0. The first-order valence-corrected chi connectivity index (χ1v) is 13.2. The Labute approximate surface area is 242 Å². The average molecular weight is 580 g/mol. The fourth-order valence-corrected chi connectivity index (χ4v) is 3.76. The summed E-state index contributed by atoms with van der Waals surface area (Å²) in [5.41, 5.74) is 0.658. The predicted molar refractivity (Wildman–Crippen MR) is 153 cm³/mol. The Hall–Kier alpha value is -4.65. The van der Waals surface area contributed by atoms with Gasteiger partial charge in [-0.25, -0.2) is 15.0 Å². The fourth-order valence-electron chi connectivity index (χ4n) is 3.76. The van der Waals surface area contributed by atoms with Gasteiger partial charge >= 0.3 is 0 Å². The number of phenolic OH excluding ortho intramolecular Hbond substituents is 3. The van der Waals surface area contributed by atoms with Crippen LogP contribution in [0, 0.1) is 0 Å². The van der Waals surface area contributed by atoms with Gasteiger partial charge in [-0.05, 0) is 57.2 Å². The van der Waals surface area contributed by atoms with Gasteiger partial charge in [0.05, 0.1) is 35.0 Å². The van der Waals surface area contributed by atoms with Crippen LogP contribution < -0.4 is 14.2 Å². The minimum atomic E-state index is -0.700. The number of ether oxygens (including phenoxy) is 3. The van der Waals surface area contributed by atoms with Crippen LogP contribution >= 0.6 is 0 Å². The SMILES string of the molecule is CC(O)COc1ccc(-c2nc(-c3ccc(OCC(C)O)cc3O)nc(-c3ccc(OCC(C)O)cc3O)n2)c(O)c1. The molecule has 3 unspecified atom stereocenters. The molecule has 0 saturated carbocycles. The summed E-state index contributed by atoms with van der Waals surface area (Å²) in [4.78, 5) is 13.5. The molecule has 0 aliphatic carbocycles. The van der Waals surface area contributed by atoms with E-state index in [2.05, 4.69) is 15.0 Å². The summed E-state index contributed by atoms with van der Waals surface area (Å²) in [6, 6.07) is 13.4. The summed E-state index contributed by atoms with van der Waals surface area (Å²) >= 11 is 0. The molecule has 4 rings (SSSR count). The van der Waals surface area contributed by atoms with E-state index in [0.29, 0.717) is 17.2 Å². The molecular weight excluding hydrogens is 546 g/mol. The van der Waals surface area contributed by atoms with E-state index in [1.807, 2.05) is 0 Å². The zero-order valence-electron chi connectivity index (χ0n) is 23.3. The van der Waals surface area contributed by atoms with E-state index in [1.54, 1.807) is 39.0 Å². The fraction of sp³-hybridized carbons (Fsp3) is 0.300. The van der Waals surface area contributed by atoms with Crippen LogP contribution in [0.2, 0.25) is 0 Å². The van der Waals surface area contributed by atoms with Crippen molar-refractivity contribution < 1.29 is 44.8 Å². The quantitative estimate of drug-likeness (QED) is 0.144. The number of aromatic hydroxyl groups is 3. The molecule has 0 aliphatic heterocycles. The van der Waals surface area contributed by atoms with Crippen LogP contribution in [0.3, 0.4) is 0 Å². The minimum Gasteiger partial charge on any atom is -0.507 e. The van der Waals surface area contributed by atoms with E-state index in [9.17, 15) is 30.6 Å². The van der Waals surface area contributed by atoms with Gasteiger partial charge in [-0.2, -0.15) is 0 Å². The molecule has 0 amide bonds. The lowest BCUT2D eigenvalue weighted by Gasteiger charge is -2.14. The van der Waals surface area contributed by atoms with Crippen molar-refractivity contribution in [3.63, 3.8) is 0 Å². The second-order valence-corrected chi connectivity index (χ2v) is 9.82. The van der Waals surface area contributed by atoms with E-state index < -0.39 is 18.3 Å². The molecule has 0 spiro atoms. The molecule has 12 nitrogen and oxygen atoms in total. The highest BCUT2D eigenvalue weighted by Gasteiger charge is 2.19. The number of nitrogens with zero attached hydrogens (tertiary/aromatic N) is 3. The van der Waals surface area contributed by atoms with E-state index in [-0.39, 0.29) is 71.2 Å². The highest BCUT2D eigenvalue weighted by atomic mass is 16.5. The van der Waals surface area contributed by atoms with Crippen molar-refractivity contribution in [2.24, 2.45) is 0 Å². The van der Waals surface area contributed by atoms with E-state index in [0.717, 1.165) is 0 Å². The second-order valence-electron chi connectivity index (χ2n) is 9.82. The van der Waals surface area contributed by atoms with Gasteiger partial charge in [-0.15, -0.1) is 0 Å². The first-order valence-electron chi connectivity index (χ1n) is 13.2. The van der Waals surface area contributed by atoms with Crippen molar-refractivity contribution in [3.05, 3.63) is 54.6 Å². The maximum absolute atomic E-state index is 10.8. The van der Waals surface area contributed by atoms with Crippen LogP contribution in [0.5, 0.6) is 34.5 Å². The average Bonchev–Trinajstić information content (AvgIpc) is 2.93. The number of aromatic nitrogens is 3. The molecule has 3 aromatic carbocycles. The van der Waals surface area contributed by atoms with Gasteiger partial charge in [0.1, 0.15) is 54.3 Å². The van der Waals surface area contributed by atoms with Crippen LogP contribution in [-0.4, -0.2) is 83.7 Å². The molecule has 1 aromatic heterocycles. The third kappa shape index (κ3) is 7.75. The zero-order chi connectivity index (χ0) is 30.4. The molecule has 0 fully saturated rings. The molecule has 0 bridgehead atoms. The molecule has 222 valence electrons. The molecule has 6 N–H and O–H groups in total. The summed E-state index contributed by atoms with van der Waals surface area (Å²) < 4.78 is 16.4. The summed E-state index contributed by atoms with van der Waals surface area (Å²) in [5.74, 6) is 0.453. The second kappa shape index (κ2) is 13.3. The van der Waals surface area contributed by atoms with Crippen LogP contribution in [0.1, 0.15) is 20.8 Å². The number of rotatable bonds is 12. The Morgan fingerprint density at radius 2 is 0.762 bits per heavy atom. The van der Waals surface area contributed by atoms with Gasteiger partial charge in [0.15, 0.2) is 17.5 Å². The molecule has 0 aliphatic rings. The first kappa shape index (κ1) is 30.3. The topological polar surface area (TPSA) is 188 Å². The highest BCUT2D eigenvalue weighted by molar-refractivity contribution is 5.74. The summed E-state index contributed by atoms with van der Waals surface area (Å²) in [6.07, 6.45) is -2.10. The predicted octanol–water partition coefficient (Wildman–Crippen LogP) is 3.27. The zero-order valence-corrected chi connectivity index (χ0v) is 23.3. The van der Waals surface area contributed by atoms with Crippen LogP contribution in [0.15, 0.2) is 54.6 Å². The lowest BCUT2D eigenvalue weighted by molar-refractivity contribution is 0.122. The Morgan fingerprint density at radius 3 is 0.976 bits per heavy atom. The van der Waals surface area contributed by atoms with Gasteiger partial charge in [0, 0.05) is 18.2 Å².